The highest BCUT2D eigenvalue weighted by molar-refractivity contribution is 5.70. The number of hydrogen-bond donors (Lipinski definition) is 2. The van der Waals surface area contributed by atoms with Crippen LogP contribution in [-0.2, 0) is 4.79 Å². The Hall–Kier alpha value is -0.570. The van der Waals surface area contributed by atoms with Gasteiger partial charge in [-0.15, -0.1) is 0 Å². The smallest absolute Gasteiger partial charge is 0.306 e. The molecule has 1 unspecified atom stereocenters. The van der Waals surface area contributed by atoms with Crippen molar-refractivity contribution in [2.24, 2.45) is 5.92 Å². The van der Waals surface area contributed by atoms with Gasteiger partial charge in [0.15, 0.2) is 0 Å². The van der Waals surface area contributed by atoms with Gasteiger partial charge >= 0.3 is 5.97 Å². The highest BCUT2D eigenvalue weighted by Gasteiger charge is 2.24. The second-order valence-electron chi connectivity index (χ2n) is 3.84. The predicted octanol–water partition coefficient (Wildman–Crippen LogP) is 1.65. The molecule has 72 valence electrons. The molecular formula is C9H18O3. The first-order valence-electron chi connectivity index (χ1n) is 4.32. The van der Waals surface area contributed by atoms with Crippen LogP contribution in [0.2, 0.25) is 0 Å². The molecule has 1 atom stereocenters. The lowest BCUT2D eigenvalue weighted by atomic mass is 9.90. The van der Waals surface area contributed by atoms with Gasteiger partial charge in [-0.1, -0.05) is 13.3 Å². The van der Waals surface area contributed by atoms with Crippen molar-refractivity contribution in [1.29, 1.82) is 0 Å². The molecule has 3 heteroatoms. The summed E-state index contributed by atoms with van der Waals surface area (Å²) in [5, 5.41) is 18.2. The topological polar surface area (TPSA) is 57.5 Å². The van der Waals surface area contributed by atoms with Gasteiger partial charge in [-0.2, -0.15) is 0 Å². The van der Waals surface area contributed by atoms with E-state index in [4.69, 9.17) is 5.11 Å². The molecule has 0 bridgehead atoms. The molecule has 0 aromatic rings. The van der Waals surface area contributed by atoms with Crippen LogP contribution in [0, 0.1) is 5.92 Å². The molecule has 0 aromatic heterocycles. The summed E-state index contributed by atoms with van der Waals surface area (Å²) < 4.78 is 0. The Morgan fingerprint density at radius 3 is 2.25 bits per heavy atom. The molecule has 0 aliphatic rings. The lowest BCUT2D eigenvalue weighted by molar-refractivity contribution is -0.144. The van der Waals surface area contributed by atoms with E-state index < -0.39 is 17.5 Å². The molecule has 0 saturated carbocycles. The van der Waals surface area contributed by atoms with Gasteiger partial charge in [-0.25, -0.2) is 0 Å². The average molecular weight is 174 g/mol. The molecular weight excluding hydrogens is 156 g/mol. The first-order valence-corrected chi connectivity index (χ1v) is 4.32. The van der Waals surface area contributed by atoms with Crippen LogP contribution in [0.1, 0.15) is 40.0 Å². The minimum atomic E-state index is -0.877. The third-order valence-corrected chi connectivity index (χ3v) is 1.73. The summed E-state index contributed by atoms with van der Waals surface area (Å²) in [5.74, 6) is -1.21. The summed E-state index contributed by atoms with van der Waals surface area (Å²) in [6.07, 6.45) is 1.81. The minimum Gasteiger partial charge on any atom is -0.481 e. The van der Waals surface area contributed by atoms with Crippen molar-refractivity contribution in [1.82, 2.24) is 0 Å². The number of hydrogen-bond acceptors (Lipinski definition) is 2. The fourth-order valence-electron chi connectivity index (χ4n) is 1.26. The van der Waals surface area contributed by atoms with Crippen molar-refractivity contribution >= 4 is 5.97 Å². The van der Waals surface area contributed by atoms with E-state index in [9.17, 15) is 9.90 Å². The van der Waals surface area contributed by atoms with Crippen molar-refractivity contribution in [3.8, 4) is 0 Å². The van der Waals surface area contributed by atoms with E-state index in [2.05, 4.69) is 0 Å². The molecule has 0 spiro atoms. The molecule has 0 radical (unpaired) electrons. The van der Waals surface area contributed by atoms with Gasteiger partial charge in [0.2, 0.25) is 0 Å². The van der Waals surface area contributed by atoms with E-state index in [1.54, 1.807) is 13.8 Å². The van der Waals surface area contributed by atoms with Crippen LogP contribution >= 0.6 is 0 Å². The molecule has 0 aliphatic carbocycles. The van der Waals surface area contributed by atoms with Crippen molar-refractivity contribution < 1.29 is 15.0 Å². The molecule has 0 heterocycles. The minimum absolute atomic E-state index is 0.330. The highest BCUT2D eigenvalue weighted by Crippen LogP contribution is 2.20. The van der Waals surface area contributed by atoms with Crippen molar-refractivity contribution in [2.45, 2.75) is 45.6 Å². The van der Waals surface area contributed by atoms with Crippen molar-refractivity contribution in [2.75, 3.05) is 0 Å². The highest BCUT2D eigenvalue weighted by atomic mass is 16.4. The van der Waals surface area contributed by atoms with Crippen molar-refractivity contribution in [3.63, 3.8) is 0 Å². The number of aliphatic carboxylic acids is 1. The van der Waals surface area contributed by atoms with E-state index in [0.29, 0.717) is 12.8 Å². The summed E-state index contributed by atoms with van der Waals surface area (Å²) in [4.78, 5) is 10.7. The van der Waals surface area contributed by atoms with Crippen LogP contribution in [0.15, 0.2) is 0 Å². The number of carboxylic acids is 1. The molecule has 12 heavy (non-hydrogen) atoms. The second kappa shape index (κ2) is 4.45. The number of aliphatic hydroxyl groups is 1. The number of carboxylic acid groups (broad SMARTS) is 1. The maximum atomic E-state index is 10.7. The van der Waals surface area contributed by atoms with Gasteiger partial charge in [0.1, 0.15) is 0 Å². The third-order valence-electron chi connectivity index (χ3n) is 1.73. The second-order valence-corrected chi connectivity index (χ2v) is 3.84. The monoisotopic (exact) mass is 174 g/mol. The summed E-state index contributed by atoms with van der Waals surface area (Å²) in [5.41, 5.74) is -0.877. The largest absolute Gasteiger partial charge is 0.481 e. The van der Waals surface area contributed by atoms with Gasteiger partial charge in [0.25, 0.3) is 0 Å². The zero-order valence-electron chi connectivity index (χ0n) is 8.00. The SMILES string of the molecule is CCCC(CC(C)(C)O)C(=O)O. The van der Waals surface area contributed by atoms with Gasteiger partial charge in [0, 0.05) is 0 Å². The molecule has 0 amide bonds. The van der Waals surface area contributed by atoms with E-state index in [-0.39, 0.29) is 0 Å². The van der Waals surface area contributed by atoms with Crippen molar-refractivity contribution in [3.05, 3.63) is 0 Å². The maximum Gasteiger partial charge on any atom is 0.306 e. The molecule has 0 rings (SSSR count). The first-order chi connectivity index (χ1) is 5.37. The van der Waals surface area contributed by atoms with Crippen LogP contribution in [-0.4, -0.2) is 21.8 Å². The Bertz CT molecular complexity index is 146. The molecule has 0 aromatic carbocycles. The Morgan fingerprint density at radius 2 is 2.00 bits per heavy atom. The van der Waals surface area contributed by atoms with Crippen LogP contribution in [0.4, 0.5) is 0 Å². The van der Waals surface area contributed by atoms with E-state index in [1.165, 1.54) is 0 Å². The van der Waals surface area contributed by atoms with Crippen LogP contribution in [0.5, 0.6) is 0 Å². The molecule has 0 aliphatic heterocycles. The fourth-order valence-corrected chi connectivity index (χ4v) is 1.26. The van der Waals surface area contributed by atoms with E-state index in [0.717, 1.165) is 6.42 Å². The third kappa shape index (κ3) is 5.13. The Labute approximate surface area is 73.4 Å². The quantitative estimate of drug-likeness (QED) is 0.666. The fraction of sp³-hybridized carbons (Fsp3) is 0.889. The van der Waals surface area contributed by atoms with Crippen LogP contribution in [0.25, 0.3) is 0 Å². The lowest BCUT2D eigenvalue weighted by Gasteiger charge is -2.21. The summed E-state index contributed by atoms with van der Waals surface area (Å²) in [7, 11) is 0. The molecule has 0 fully saturated rings. The molecule has 3 nitrogen and oxygen atoms in total. The van der Waals surface area contributed by atoms with Gasteiger partial charge in [0.05, 0.1) is 11.5 Å². The Balaban J connectivity index is 4.05. The van der Waals surface area contributed by atoms with Crippen LogP contribution in [0.3, 0.4) is 0 Å². The molecule has 0 saturated heterocycles. The van der Waals surface area contributed by atoms with Gasteiger partial charge in [-0.05, 0) is 26.7 Å². The Morgan fingerprint density at radius 1 is 1.50 bits per heavy atom. The lowest BCUT2D eigenvalue weighted by Crippen LogP contribution is -2.27. The average Bonchev–Trinajstić information content (AvgIpc) is 1.83. The normalized spacial score (nSPS) is 14.3. The summed E-state index contributed by atoms with van der Waals surface area (Å²) in [6.45, 7) is 5.22. The zero-order chi connectivity index (χ0) is 9.78. The zero-order valence-corrected chi connectivity index (χ0v) is 8.00. The number of carbonyl (C=O) groups is 1. The standard InChI is InChI=1S/C9H18O3/c1-4-5-7(8(10)11)6-9(2,3)12/h7,12H,4-6H2,1-3H3,(H,10,11). The van der Waals surface area contributed by atoms with E-state index in [1.807, 2.05) is 6.92 Å². The maximum absolute atomic E-state index is 10.7. The predicted molar refractivity (Wildman–Crippen MR) is 46.9 cm³/mol. The number of rotatable bonds is 5. The van der Waals surface area contributed by atoms with Crippen LogP contribution < -0.4 is 0 Å². The first kappa shape index (κ1) is 11.4. The van der Waals surface area contributed by atoms with Gasteiger partial charge < -0.3 is 10.2 Å². The van der Waals surface area contributed by atoms with Gasteiger partial charge in [-0.3, -0.25) is 4.79 Å². The summed E-state index contributed by atoms with van der Waals surface area (Å²) in [6, 6.07) is 0. The summed E-state index contributed by atoms with van der Waals surface area (Å²) >= 11 is 0. The van der Waals surface area contributed by atoms with E-state index >= 15 is 0 Å². The molecule has 2 N–H and O–H groups in total. The Kier molecular flexibility index (Phi) is 4.24.